The number of hydrogen-bond acceptors (Lipinski definition) is 4. The first-order chi connectivity index (χ1) is 15.7. The average Bonchev–Trinajstić information content (AvgIpc) is 2.77. The van der Waals surface area contributed by atoms with Crippen LogP contribution in [0.25, 0.3) is 11.1 Å². The number of rotatable bonds is 8. The van der Waals surface area contributed by atoms with Crippen LogP contribution in [0.1, 0.15) is 16.7 Å². The van der Waals surface area contributed by atoms with Crippen molar-refractivity contribution in [1.82, 2.24) is 0 Å². The molecule has 1 fully saturated rings. The summed E-state index contributed by atoms with van der Waals surface area (Å²) in [5.74, 6) is -0.398. The quantitative estimate of drug-likeness (QED) is 0.498. The highest BCUT2D eigenvalue weighted by Gasteiger charge is 2.42. The van der Waals surface area contributed by atoms with Crippen molar-refractivity contribution in [2.45, 2.75) is 18.4 Å². The molecular weight excluding hydrogens is 437 g/mol. The first kappa shape index (κ1) is 22.8. The van der Waals surface area contributed by atoms with E-state index >= 15 is 0 Å². The van der Waals surface area contributed by atoms with E-state index in [0.29, 0.717) is 31.1 Å². The van der Waals surface area contributed by atoms with E-state index in [2.05, 4.69) is 0 Å². The molecule has 1 saturated heterocycles. The molecule has 1 aliphatic rings. The van der Waals surface area contributed by atoms with Gasteiger partial charge in [0.05, 0.1) is 18.8 Å². The maximum atomic E-state index is 12.7. The molecule has 0 amide bonds. The number of hydrogen-bond donors (Lipinski definition) is 1. The van der Waals surface area contributed by atoms with Crippen molar-refractivity contribution in [2.75, 3.05) is 19.8 Å². The fourth-order valence-electron chi connectivity index (χ4n) is 3.49. The average molecular weight is 458 g/mol. The van der Waals surface area contributed by atoms with Gasteiger partial charge < -0.3 is 19.3 Å². The molecule has 0 saturated carbocycles. The summed E-state index contributed by atoms with van der Waals surface area (Å²) < 4.78 is 54.7. The molecule has 0 spiro atoms. The number of alkyl halides is 3. The van der Waals surface area contributed by atoms with Crippen LogP contribution in [0.4, 0.5) is 13.2 Å². The van der Waals surface area contributed by atoms with Gasteiger partial charge in [-0.25, -0.2) is 4.79 Å². The van der Waals surface area contributed by atoms with E-state index in [-0.39, 0.29) is 0 Å². The summed E-state index contributed by atoms with van der Waals surface area (Å²) in [4.78, 5) is 10.8. The third-order valence-corrected chi connectivity index (χ3v) is 5.43. The van der Waals surface area contributed by atoms with Gasteiger partial charge in [0.15, 0.2) is 0 Å². The molecule has 0 atom stereocenters. The molecule has 0 aromatic heterocycles. The molecule has 3 aromatic rings. The summed E-state index contributed by atoms with van der Waals surface area (Å²) in [6.45, 7) is 0.512. The Hall–Kier alpha value is -3.36. The number of halogens is 3. The van der Waals surface area contributed by atoms with Gasteiger partial charge >= 0.3 is 12.1 Å². The highest BCUT2D eigenvalue weighted by Crippen LogP contribution is 2.35. The van der Waals surface area contributed by atoms with Crippen molar-refractivity contribution in [2.24, 2.45) is 0 Å². The molecule has 0 radical (unpaired) electrons. The van der Waals surface area contributed by atoms with E-state index in [4.69, 9.17) is 19.3 Å². The lowest BCUT2D eigenvalue weighted by Gasteiger charge is -2.41. The van der Waals surface area contributed by atoms with Gasteiger partial charge in [-0.1, -0.05) is 48.5 Å². The van der Waals surface area contributed by atoms with Crippen LogP contribution in [0.2, 0.25) is 0 Å². The van der Waals surface area contributed by atoms with Crippen LogP contribution >= 0.6 is 0 Å². The zero-order valence-corrected chi connectivity index (χ0v) is 17.5. The summed E-state index contributed by atoms with van der Waals surface area (Å²) in [7, 11) is 0. The molecule has 172 valence electrons. The Balaban J connectivity index is 1.35. The van der Waals surface area contributed by atoms with E-state index in [1.54, 1.807) is 12.1 Å². The summed E-state index contributed by atoms with van der Waals surface area (Å²) >= 11 is 0. The Bertz CT molecular complexity index is 1090. The first-order valence-electron chi connectivity index (χ1n) is 10.2. The fraction of sp³-hybridized carbons (Fsp3) is 0.240. The molecule has 1 N–H and O–H groups in total. The molecule has 0 bridgehead atoms. The third kappa shape index (κ3) is 5.35. The van der Waals surface area contributed by atoms with E-state index in [1.807, 2.05) is 36.4 Å². The lowest BCUT2D eigenvalue weighted by molar-refractivity contribution is -0.220. The van der Waals surface area contributed by atoms with Crippen LogP contribution in [0.15, 0.2) is 72.8 Å². The van der Waals surface area contributed by atoms with Crippen LogP contribution in [-0.4, -0.2) is 30.9 Å². The van der Waals surface area contributed by atoms with Gasteiger partial charge in [0.25, 0.3) is 0 Å². The van der Waals surface area contributed by atoms with Crippen LogP contribution in [0.5, 0.6) is 5.75 Å². The number of carbonyl (C=O) groups is 1. The smallest absolute Gasteiger partial charge is 0.416 e. The second kappa shape index (κ2) is 9.25. The molecule has 1 aliphatic heterocycles. The number of carboxylic acid groups (broad SMARTS) is 1. The minimum atomic E-state index is -4.35. The van der Waals surface area contributed by atoms with Crippen LogP contribution in [-0.2, 0) is 32.7 Å². The molecule has 4 rings (SSSR count). The van der Waals surface area contributed by atoms with Gasteiger partial charge in [0.1, 0.15) is 24.6 Å². The predicted octanol–water partition coefficient (Wildman–Crippen LogP) is 5.28. The van der Waals surface area contributed by atoms with E-state index in [0.717, 1.165) is 28.8 Å². The summed E-state index contributed by atoms with van der Waals surface area (Å²) in [5, 5.41) is 8.86. The van der Waals surface area contributed by atoms with Crippen molar-refractivity contribution in [3.05, 3.63) is 89.5 Å². The Labute approximate surface area is 188 Å². The number of ether oxygens (including phenoxy) is 3. The van der Waals surface area contributed by atoms with Gasteiger partial charge in [0.2, 0.25) is 0 Å². The number of carboxylic acids is 1. The highest BCUT2D eigenvalue weighted by atomic mass is 19.4. The second-order valence-electron chi connectivity index (χ2n) is 7.75. The number of aliphatic carboxylic acids is 1. The standard InChI is InChI=1S/C25H21F3O5/c26-25(27,28)21-7-5-19(6-8-21)18-3-1-17(2-4-18)13-32-22-11-9-20(10-12-22)24(15-31-16-24)33-14-23(29)30/h1-12H,13-16H2,(H,29,30). The lowest BCUT2D eigenvalue weighted by atomic mass is 9.91. The topological polar surface area (TPSA) is 65.0 Å². The van der Waals surface area contributed by atoms with Crippen molar-refractivity contribution in [1.29, 1.82) is 0 Å². The Morgan fingerprint density at radius 2 is 1.48 bits per heavy atom. The zero-order valence-electron chi connectivity index (χ0n) is 17.5. The Morgan fingerprint density at radius 1 is 0.909 bits per heavy atom. The van der Waals surface area contributed by atoms with Crippen LogP contribution in [0, 0.1) is 0 Å². The fourth-order valence-corrected chi connectivity index (χ4v) is 3.49. The molecule has 8 heteroatoms. The molecule has 0 unspecified atom stereocenters. The van der Waals surface area contributed by atoms with E-state index in [9.17, 15) is 18.0 Å². The summed E-state index contributed by atoms with van der Waals surface area (Å²) in [6, 6.07) is 19.7. The second-order valence-corrected chi connectivity index (χ2v) is 7.75. The minimum Gasteiger partial charge on any atom is -0.489 e. The van der Waals surface area contributed by atoms with Crippen LogP contribution < -0.4 is 4.74 Å². The highest BCUT2D eigenvalue weighted by molar-refractivity contribution is 5.68. The van der Waals surface area contributed by atoms with Gasteiger partial charge in [-0.15, -0.1) is 0 Å². The Kier molecular flexibility index (Phi) is 6.40. The van der Waals surface area contributed by atoms with Crippen molar-refractivity contribution in [3.63, 3.8) is 0 Å². The van der Waals surface area contributed by atoms with Crippen molar-refractivity contribution in [3.8, 4) is 16.9 Å². The van der Waals surface area contributed by atoms with E-state index in [1.165, 1.54) is 12.1 Å². The molecule has 3 aromatic carbocycles. The maximum absolute atomic E-state index is 12.7. The first-order valence-corrected chi connectivity index (χ1v) is 10.2. The maximum Gasteiger partial charge on any atom is 0.416 e. The summed E-state index contributed by atoms with van der Waals surface area (Å²) in [6.07, 6.45) is -4.35. The van der Waals surface area contributed by atoms with Gasteiger partial charge in [0, 0.05) is 0 Å². The van der Waals surface area contributed by atoms with Gasteiger partial charge in [-0.3, -0.25) is 0 Å². The van der Waals surface area contributed by atoms with Gasteiger partial charge in [-0.05, 0) is 46.5 Å². The zero-order chi connectivity index (χ0) is 23.5. The van der Waals surface area contributed by atoms with Crippen LogP contribution in [0.3, 0.4) is 0 Å². The van der Waals surface area contributed by atoms with Gasteiger partial charge in [-0.2, -0.15) is 13.2 Å². The third-order valence-electron chi connectivity index (χ3n) is 5.43. The molecular formula is C25H21F3O5. The number of benzene rings is 3. The van der Waals surface area contributed by atoms with Crippen molar-refractivity contribution >= 4 is 5.97 Å². The lowest BCUT2D eigenvalue weighted by Crippen LogP contribution is -2.49. The largest absolute Gasteiger partial charge is 0.489 e. The molecule has 33 heavy (non-hydrogen) atoms. The van der Waals surface area contributed by atoms with Crippen molar-refractivity contribution < 1.29 is 37.3 Å². The normalized spacial score (nSPS) is 15.0. The van der Waals surface area contributed by atoms with E-state index < -0.39 is 29.9 Å². The SMILES string of the molecule is O=C(O)COC1(c2ccc(OCc3ccc(-c4ccc(C(F)(F)F)cc4)cc3)cc2)COC1. The predicted molar refractivity (Wildman–Crippen MR) is 114 cm³/mol. The molecule has 5 nitrogen and oxygen atoms in total. The molecule has 0 aliphatic carbocycles. The molecule has 1 heterocycles. The summed E-state index contributed by atoms with van der Waals surface area (Å²) in [5.41, 5.74) is 1.82. The minimum absolute atomic E-state index is 0.297. The monoisotopic (exact) mass is 458 g/mol. The Morgan fingerprint density at radius 3 is 1.97 bits per heavy atom.